The molecule has 2 saturated heterocycles. The minimum Gasteiger partial charge on any atom is -0.460 e. The normalized spacial score (nSPS) is 26.4. The highest BCUT2D eigenvalue weighted by Gasteiger charge is 2.72. The number of hydrogen-bond donors (Lipinski definition) is 4. The van der Waals surface area contributed by atoms with Crippen molar-refractivity contribution in [1.29, 1.82) is 0 Å². The predicted octanol–water partition coefficient (Wildman–Crippen LogP) is 1.75. The van der Waals surface area contributed by atoms with Crippen molar-refractivity contribution in [3.63, 3.8) is 0 Å². The van der Waals surface area contributed by atoms with E-state index in [0.717, 1.165) is 12.8 Å². The van der Waals surface area contributed by atoms with Crippen molar-refractivity contribution in [2.75, 3.05) is 66.3 Å². The molecule has 2 heterocycles. The highest BCUT2D eigenvalue weighted by Crippen LogP contribution is 2.59. The maximum absolute atomic E-state index is 12.8. The molecule has 7 atom stereocenters. The smallest absolute Gasteiger partial charge is 0.306 e. The van der Waals surface area contributed by atoms with Crippen molar-refractivity contribution in [2.45, 2.75) is 122 Å². The summed E-state index contributed by atoms with van der Waals surface area (Å²) in [6.07, 6.45) is 5.41. The van der Waals surface area contributed by atoms with E-state index in [4.69, 9.17) is 28.4 Å². The quantitative estimate of drug-likeness (QED) is 0.0434. The van der Waals surface area contributed by atoms with E-state index in [0.29, 0.717) is 58.8 Å². The standard InChI is InChI=1S/C38H64N4O11/c1-25(2)10-11-30-37(6,53-30)35-34(48-7)29(12-14-38(35)24-51-38)52-33(46)9-8-17-49-19-20-50-18-16-40-31(44)13-15-39-28(21-26(3)4)36(47)42-23-32(45)41-22-27(5)43/h10,26,28-30,34-35,39H,8-9,11-24H2,1-7H3,(H,40,44)(H,41,45)(H,42,47)/t28-,29?,30+,34?,35?,37?,38-/m0/s1. The lowest BCUT2D eigenvalue weighted by atomic mass is 9.68. The number of Topliss-reactive ketones (excluding diaryl/α,β-unsaturated/α-hetero) is 1. The molecule has 2 aliphatic heterocycles. The number of carbonyl (C=O) groups is 5. The Morgan fingerprint density at radius 3 is 2.26 bits per heavy atom. The Kier molecular flexibility index (Phi) is 18.3. The number of ketones is 1. The van der Waals surface area contributed by atoms with Crippen molar-refractivity contribution >= 4 is 29.5 Å². The lowest BCUT2D eigenvalue weighted by Gasteiger charge is -2.42. The van der Waals surface area contributed by atoms with Crippen LogP contribution in [0.1, 0.15) is 86.5 Å². The SMILES string of the molecule is COC1C(OC(=O)CCCOCCOCCNC(=O)CCN[C@@H](CC(C)C)C(=O)NCC(=O)NCC(C)=O)CC[C@]2(CO2)C1C1(C)O[C@@H]1CC=C(C)C. The third-order valence-electron chi connectivity index (χ3n) is 9.85. The van der Waals surface area contributed by atoms with Crippen LogP contribution in [-0.2, 0) is 52.4 Å². The van der Waals surface area contributed by atoms with Gasteiger partial charge in [-0.2, -0.15) is 0 Å². The summed E-state index contributed by atoms with van der Waals surface area (Å²) in [6, 6.07) is -0.562. The molecule has 0 aromatic carbocycles. The fourth-order valence-corrected chi connectivity index (χ4v) is 6.98. The van der Waals surface area contributed by atoms with Crippen LogP contribution in [0.15, 0.2) is 11.6 Å². The van der Waals surface area contributed by atoms with E-state index in [9.17, 15) is 24.0 Å². The summed E-state index contributed by atoms with van der Waals surface area (Å²) in [4.78, 5) is 60.4. The van der Waals surface area contributed by atoms with Gasteiger partial charge in [-0.25, -0.2) is 0 Å². The number of methoxy groups -OCH3 is 1. The highest BCUT2D eigenvalue weighted by atomic mass is 16.6. The van der Waals surface area contributed by atoms with Gasteiger partial charge in [0.05, 0.1) is 57.6 Å². The number of hydrogen-bond acceptors (Lipinski definition) is 12. The fourth-order valence-electron chi connectivity index (χ4n) is 6.98. The van der Waals surface area contributed by atoms with Crippen LogP contribution in [0.4, 0.5) is 0 Å². The molecule has 3 amide bonds. The van der Waals surface area contributed by atoms with Gasteiger partial charge in [0.15, 0.2) is 0 Å². The third-order valence-corrected chi connectivity index (χ3v) is 9.85. The van der Waals surface area contributed by atoms with E-state index in [-0.39, 0.29) is 97.4 Å². The van der Waals surface area contributed by atoms with E-state index >= 15 is 0 Å². The van der Waals surface area contributed by atoms with Gasteiger partial charge in [-0.3, -0.25) is 24.0 Å². The molecule has 15 nitrogen and oxygen atoms in total. The Labute approximate surface area is 314 Å². The second-order valence-electron chi connectivity index (χ2n) is 15.2. The fraction of sp³-hybridized carbons (Fsp3) is 0.816. The molecule has 1 aliphatic carbocycles. The Morgan fingerprint density at radius 2 is 1.62 bits per heavy atom. The van der Waals surface area contributed by atoms with Crippen molar-refractivity contribution in [2.24, 2.45) is 11.8 Å². The predicted molar refractivity (Wildman–Crippen MR) is 196 cm³/mol. The number of ether oxygens (including phenoxy) is 6. The Balaban J connectivity index is 1.22. The van der Waals surface area contributed by atoms with E-state index in [1.807, 2.05) is 13.8 Å². The van der Waals surface area contributed by atoms with Gasteiger partial charge in [0, 0.05) is 39.6 Å². The average Bonchev–Trinajstić information content (AvgIpc) is 4.02. The molecule has 15 heteroatoms. The number of epoxide rings is 2. The summed E-state index contributed by atoms with van der Waals surface area (Å²) in [5.74, 6) is -1.23. The van der Waals surface area contributed by atoms with Gasteiger partial charge in [0.25, 0.3) is 0 Å². The minimum absolute atomic E-state index is 0.0162. The van der Waals surface area contributed by atoms with Crippen LogP contribution in [-0.4, -0.2) is 131 Å². The summed E-state index contributed by atoms with van der Waals surface area (Å²) in [5.41, 5.74) is 0.609. The first-order valence-corrected chi connectivity index (χ1v) is 19.1. The van der Waals surface area contributed by atoms with Crippen LogP contribution >= 0.6 is 0 Å². The zero-order valence-corrected chi connectivity index (χ0v) is 32.8. The first-order valence-electron chi connectivity index (χ1n) is 19.1. The summed E-state index contributed by atoms with van der Waals surface area (Å²) in [5, 5.41) is 10.9. The molecule has 0 aromatic heterocycles. The van der Waals surface area contributed by atoms with Crippen LogP contribution in [0.3, 0.4) is 0 Å². The molecule has 302 valence electrons. The molecule has 53 heavy (non-hydrogen) atoms. The van der Waals surface area contributed by atoms with Crippen LogP contribution in [0.25, 0.3) is 0 Å². The van der Waals surface area contributed by atoms with Crippen LogP contribution < -0.4 is 21.3 Å². The zero-order valence-electron chi connectivity index (χ0n) is 32.8. The second kappa shape index (κ2) is 21.8. The molecule has 0 aromatic rings. The van der Waals surface area contributed by atoms with E-state index in [1.54, 1.807) is 7.11 Å². The van der Waals surface area contributed by atoms with Crippen molar-refractivity contribution in [1.82, 2.24) is 21.3 Å². The summed E-state index contributed by atoms with van der Waals surface area (Å²) < 4.78 is 35.3. The number of esters is 1. The van der Waals surface area contributed by atoms with Crippen LogP contribution in [0.2, 0.25) is 0 Å². The number of amides is 3. The van der Waals surface area contributed by atoms with E-state index < -0.39 is 11.9 Å². The summed E-state index contributed by atoms with van der Waals surface area (Å²) in [7, 11) is 1.67. The largest absolute Gasteiger partial charge is 0.460 e. The van der Waals surface area contributed by atoms with Gasteiger partial charge < -0.3 is 49.7 Å². The van der Waals surface area contributed by atoms with Crippen LogP contribution in [0.5, 0.6) is 0 Å². The molecule has 0 radical (unpaired) electrons. The molecule has 1 spiro atoms. The number of rotatable bonds is 26. The van der Waals surface area contributed by atoms with Crippen molar-refractivity contribution in [3.8, 4) is 0 Å². The van der Waals surface area contributed by atoms with Crippen LogP contribution in [0, 0.1) is 11.8 Å². The Bertz CT molecular complexity index is 1250. The second-order valence-corrected chi connectivity index (χ2v) is 15.2. The number of allylic oxidation sites excluding steroid dienone is 1. The molecule has 3 fully saturated rings. The first kappa shape index (κ1) is 44.4. The summed E-state index contributed by atoms with van der Waals surface area (Å²) >= 11 is 0. The van der Waals surface area contributed by atoms with Crippen molar-refractivity contribution in [3.05, 3.63) is 11.6 Å². The molecular formula is C38H64N4O11. The van der Waals surface area contributed by atoms with Gasteiger partial charge in [-0.15, -0.1) is 0 Å². The van der Waals surface area contributed by atoms with Crippen molar-refractivity contribution < 1.29 is 52.4 Å². The molecule has 3 aliphatic rings. The van der Waals surface area contributed by atoms with Gasteiger partial charge in [0.1, 0.15) is 29.2 Å². The van der Waals surface area contributed by atoms with E-state index in [2.05, 4.69) is 48.1 Å². The van der Waals surface area contributed by atoms with Gasteiger partial charge in [-0.1, -0.05) is 25.5 Å². The maximum atomic E-state index is 12.8. The monoisotopic (exact) mass is 752 g/mol. The molecule has 3 rings (SSSR count). The molecule has 4 unspecified atom stereocenters. The third kappa shape index (κ3) is 15.0. The lowest BCUT2D eigenvalue weighted by Crippen LogP contribution is -2.55. The van der Waals surface area contributed by atoms with Gasteiger partial charge in [-0.05, 0) is 65.7 Å². The Morgan fingerprint density at radius 1 is 0.906 bits per heavy atom. The Hall–Kier alpha value is -2.95. The number of nitrogens with one attached hydrogen (secondary N) is 4. The first-order chi connectivity index (χ1) is 25.2. The minimum atomic E-state index is -0.562. The zero-order chi connectivity index (χ0) is 39.0. The lowest BCUT2D eigenvalue weighted by molar-refractivity contribution is -0.172. The highest BCUT2D eigenvalue weighted by molar-refractivity contribution is 5.89. The average molecular weight is 753 g/mol. The molecule has 1 saturated carbocycles. The van der Waals surface area contributed by atoms with Gasteiger partial charge in [0.2, 0.25) is 17.7 Å². The number of carbonyl (C=O) groups excluding carboxylic acids is 5. The van der Waals surface area contributed by atoms with Gasteiger partial charge >= 0.3 is 5.97 Å². The maximum Gasteiger partial charge on any atom is 0.306 e. The molecule has 0 bridgehead atoms. The molecular weight excluding hydrogens is 688 g/mol. The molecule has 4 N–H and O–H groups in total. The van der Waals surface area contributed by atoms with E-state index in [1.165, 1.54) is 12.5 Å². The summed E-state index contributed by atoms with van der Waals surface area (Å²) in [6.45, 7) is 14.0. The topological polar surface area (TPSA) is 195 Å².